The number of nitrogens with zero attached hydrogens (tertiary/aromatic N) is 3. The molecule has 4 nitrogen and oxygen atoms in total. The maximum absolute atomic E-state index is 13.1. The monoisotopic (exact) mass is 270 g/mol. The number of aryl methyl sites for hydroxylation is 2. The molecule has 2 aromatic heterocycles. The van der Waals surface area contributed by atoms with E-state index in [1.807, 2.05) is 26.1 Å². The molecule has 0 aliphatic heterocycles. The van der Waals surface area contributed by atoms with E-state index in [1.165, 1.54) is 12.1 Å². The zero-order valence-corrected chi connectivity index (χ0v) is 11.4. The van der Waals surface area contributed by atoms with E-state index in [2.05, 4.69) is 15.4 Å². The number of fused-ring (bicyclic) bond motifs is 1. The number of nitrogens with one attached hydrogen (secondary N) is 1. The number of halogens is 1. The molecule has 0 fully saturated rings. The lowest BCUT2D eigenvalue weighted by atomic mass is 10.2. The first-order valence-corrected chi connectivity index (χ1v) is 6.41. The van der Waals surface area contributed by atoms with Crippen molar-refractivity contribution in [3.05, 3.63) is 53.6 Å². The van der Waals surface area contributed by atoms with Crippen LogP contribution in [0.5, 0.6) is 0 Å². The molecular formula is C15H15FN4. The lowest BCUT2D eigenvalue weighted by molar-refractivity contribution is 0.626. The van der Waals surface area contributed by atoms with E-state index in [4.69, 9.17) is 0 Å². The first-order valence-electron chi connectivity index (χ1n) is 6.41. The van der Waals surface area contributed by atoms with Gasteiger partial charge in [-0.3, -0.25) is 4.68 Å². The second kappa shape index (κ2) is 4.92. The summed E-state index contributed by atoms with van der Waals surface area (Å²) >= 11 is 0. The van der Waals surface area contributed by atoms with E-state index in [1.54, 1.807) is 16.9 Å². The molecular weight excluding hydrogens is 255 g/mol. The highest BCUT2D eigenvalue weighted by atomic mass is 19.1. The Morgan fingerprint density at radius 2 is 2.15 bits per heavy atom. The number of aromatic nitrogens is 3. The smallest absolute Gasteiger partial charge is 0.157 e. The fraction of sp³-hybridized carbons (Fsp3) is 0.200. The Kier molecular flexibility index (Phi) is 3.10. The molecule has 102 valence electrons. The van der Waals surface area contributed by atoms with Crippen LogP contribution in [-0.4, -0.2) is 14.8 Å². The van der Waals surface area contributed by atoms with E-state index in [-0.39, 0.29) is 5.82 Å². The standard InChI is InChI=1S/C15H15FN4/c1-10-14-7-13(9-18-15(14)20(2)19-10)17-8-11-4-3-5-12(16)6-11/h3-7,9,17H,8H2,1-2H3. The SMILES string of the molecule is Cc1nn(C)c2ncc(NCc3cccc(F)c3)cc12. The molecule has 0 atom stereocenters. The van der Waals surface area contributed by atoms with Gasteiger partial charge in [0.05, 0.1) is 17.6 Å². The van der Waals surface area contributed by atoms with Crippen LogP contribution in [0.25, 0.3) is 11.0 Å². The van der Waals surface area contributed by atoms with Crippen LogP contribution in [0.15, 0.2) is 36.5 Å². The summed E-state index contributed by atoms with van der Waals surface area (Å²) < 4.78 is 14.9. The lowest BCUT2D eigenvalue weighted by Crippen LogP contribution is -2.00. The summed E-state index contributed by atoms with van der Waals surface area (Å²) in [5, 5.41) is 8.61. The molecule has 0 unspecified atom stereocenters. The van der Waals surface area contributed by atoms with Gasteiger partial charge in [-0.05, 0) is 30.7 Å². The van der Waals surface area contributed by atoms with Gasteiger partial charge >= 0.3 is 0 Å². The lowest BCUT2D eigenvalue weighted by Gasteiger charge is -2.06. The van der Waals surface area contributed by atoms with Crippen LogP contribution in [-0.2, 0) is 13.6 Å². The summed E-state index contributed by atoms with van der Waals surface area (Å²) in [5.74, 6) is -0.221. The zero-order valence-electron chi connectivity index (χ0n) is 11.4. The topological polar surface area (TPSA) is 42.7 Å². The Bertz CT molecular complexity index is 764. The van der Waals surface area contributed by atoms with Crippen LogP contribution in [0.3, 0.4) is 0 Å². The minimum absolute atomic E-state index is 0.221. The van der Waals surface area contributed by atoms with Crippen molar-refractivity contribution in [2.45, 2.75) is 13.5 Å². The molecule has 3 aromatic rings. The first-order chi connectivity index (χ1) is 9.63. The van der Waals surface area contributed by atoms with E-state index in [9.17, 15) is 4.39 Å². The van der Waals surface area contributed by atoms with E-state index < -0.39 is 0 Å². The molecule has 0 spiro atoms. The van der Waals surface area contributed by atoms with Gasteiger partial charge in [0.25, 0.3) is 0 Å². The quantitative estimate of drug-likeness (QED) is 0.795. The highest BCUT2D eigenvalue weighted by molar-refractivity contribution is 5.81. The van der Waals surface area contributed by atoms with Crippen molar-refractivity contribution in [1.82, 2.24) is 14.8 Å². The Balaban J connectivity index is 1.83. The van der Waals surface area contributed by atoms with Gasteiger partial charge in [0.2, 0.25) is 0 Å². The van der Waals surface area contributed by atoms with Crippen molar-refractivity contribution in [3.63, 3.8) is 0 Å². The predicted octanol–water partition coefficient (Wildman–Crippen LogP) is 3.03. The van der Waals surface area contributed by atoms with Gasteiger partial charge < -0.3 is 5.32 Å². The number of benzene rings is 1. The van der Waals surface area contributed by atoms with Crippen molar-refractivity contribution in [3.8, 4) is 0 Å². The Labute approximate surface area is 116 Å². The van der Waals surface area contributed by atoms with E-state index in [0.29, 0.717) is 6.54 Å². The van der Waals surface area contributed by atoms with E-state index >= 15 is 0 Å². The molecule has 0 aliphatic carbocycles. The largest absolute Gasteiger partial charge is 0.380 e. The fourth-order valence-corrected chi connectivity index (χ4v) is 2.26. The molecule has 20 heavy (non-hydrogen) atoms. The Hall–Kier alpha value is -2.43. The van der Waals surface area contributed by atoms with Crippen LogP contribution in [0, 0.1) is 12.7 Å². The molecule has 3 rings (SSSR count). The van der Waals surface area contributed by atoms with Crippen LogP contribution in [0.4, 0.5) is 10.1 Å². The van der Waals surface area contributed by atoms with Gasteiger partial charge in [-0.2, -0.15) is 5.10 Å². The summed E-state index contributed by atoms with van der Waals surface area (Å²) in [7, 11) is 1.88. The minimum atomic E-state index is -0.221. The summed E-state index contributed by atoms with van der Waals surface area (Å²) in [5.41, 5.74) is 3.61. The van der Waals surface area contributed by atoms with Crippen molar-refractivity contribution in [2.24, 2.45) is 7.05 Å². The van der Waals surface area contributed by atoms with Crippen molar-refractivity contribution >= 4 is 16.7 Å². The summed E-state index contributed by atoms with van der Waals surface area (Å²) in [6.07, 6.45) is 1.77. The zero-order chi connectivity index (χ0) is 14.1. The van der Waals surface area contributed by atoms with Gasteiger partial charge in [0.15, 0.2) is 5.65 Å². The Morgan fingerprint density at radius 1 is 1.30 bits per heavy atom. The van der Waals surface area contributed by atoms with Crippen molar-refractivity contribution in [1.29, 1.82) is 0 Å². The fourth-order valence-electron chi connectivity index (χ4n) is 2.26. The third-order valence-corrected chi connectivity index (χ3v) is 3.25. The molecule has 1 N–H and O–H groups in total. The van der Waals surface area contributed by atoms with Crippen LogP contribution >= 0.6 is 0 Å². The van der Waals surface area contributed by atoms with Gasteiger partial charge in [0, 0.05) is 19.0 Å². The molecule has 0 radical (unpaired) electrons. The van der Waals surface area contributed by atoms with Gasteiger partial charge in [-0.1, -0.05) is 12.1 Å². The average molecular weight is 270 g/mol. The second-order valence-corrected chi connectivity index (χ2v) is 4.79. The van der Waals surface area contributed by atoms with Crippen LogP contribution in [0.1, 0.15) is 11.3 Å². The first kappa shape index (κ1) is 12.6. The maximum atomic E-state index is 13.1. The van der Waals surface area contributed by atoms with Gasteiger partial charge in [-0.15, -0.1) is 0 Å². The molecule has 0 aliphatic rings. The molecule has 2 heterocycles. The average Bonchev–Trinajstić information content (AvgIpc) is 2.72. The second-order valence-electron chi connectivity index (χ2n) is 4.79. The van der Waals surface area contributed by atoms with Gasteiger partial charge in [-0.25, -0.2) is 9.37 Å². The third-order valence-electron chi connectivity index (χ3n) is 3.25. The van der Waals surface area contributed by atoms with Gasteiger partial charge in [0.1, 0.15) is 5.82 Å². The highest BCUT2D eigenvalue weighted by Gasteiger charge is 2.06. The normalized spacial score (nSPS) is 10.9. The van der Waals surface area contributed by atoms with Crippen molar-refractivity contribution in [2.75, 3.05) is 5.32 Å². The summed E-state index contributed by atoms with van der Waals surface area (Å²) in [4.78, 5) is 4.40. The Morgan fingerprint density at radius 3 is 2.95 bits per heavy atom. The predicted molar refractivity (Wildman–Crippen MR) is 77.0 cm³/mol. The maximum Gasteiger partial charge on any atom is 0.157 e. The number of rotatable bonds is 3. The van der Waals surface area contributed by atoms with Crippen LogP contribution in [0.2, 0.25) is 0 Å². The summed E-state index contributed by atoms with van der Waals surface area (Å²) in [6, 6.07) is 8.57. The number of anilines is 1. The molecule has 0 bridgehead atoms. The van der Waals surface area contributed by atoms with Crippen LogP contribution < -0.4 is 5.32 Å². The minimum Gasteiger partial charge on any atom is -0.380 e. The highest BCUT2D eigenvalue weighted by Crippen LogP contribution is 2.19. The molecule has 1 aromatic carbocycles. The number of hydrogen-bond acceptors (Lipinski definition) is 3. The van der Waals surface area contributed by atoms with E-state index in [0.717, 1.165) is 28.0 Å². The number of pyridine rings is 1. The molecule has 5 heteroatoms. The third kappa shape index (κ3) is 2.34. The van der Waals surface area contributed by atoms with Crippen molar-refractivity contribution < 1.29 is 4.39 Å². The molecule has 0 amide bonds. The molecule has 0 saturated carbocycles. The summed E-state index contributed by atoms with van der Waals surface area (Å²) in [6.45, 7) is 2.52. The number of hydrogen-bond donors (Lipinski definition) is 1. The molecule has 0 saturated heterocycles.